The molecule has 0 aliphatic rings. The molecule has 0 amide bonds. The van der Waals surface area contributed by atoms with Gasteiger partial charge in [-0.05, 0) is 35.5 Å². The van der Waals surface area contributed by atoms with E-state index in [9.17, 15) is 0 Å². The average Bonchev–Trinajstić information content (AvgIpc) is 2.58. The van der Waals surface area contributed by atoms with Crippen LogP contribution < -0.4 is 5.73 Å². The molecule has 0 aliphatic heterocycles. The van der Waals surface area contributed by atoms with Gasteiger partial charge in [-0.15, -0.1) is 11.3 Å². The number of aryl methyl sites for hydroxylation is 1. The Labute approximate surface area is 82.2 Å². The van der Waals surface area contributed by atoms with Crippen LogP contribution in [0, 0.1) is 0 Å². The smallest absolute Gasteiger partial charge is 0.0124 e. The van der Waals surface area contributed by atoms with Crippen molar-refractivity contribution in [2.75, 3.05) is 6.54 Å². The van der Waals surface area contributed by atoms with Crippen molar-refractivity contribution >= 4 is 22.1 Å². The van der Waals surface area contributed by atoms with Crippen molar-refractivity contribution in [2.45, 2.75) is 12.8 Å². The highest BCUT2D eigenvalue weighted by Crippen LogP contribution is 2.26. The molecule has 0 atom stereocenters. The van der Waals surface area contributed by atoms with Crippen molar-refractivity contribution < 1.29 is 0 Å². The summed E-state index contributed by atoms with van der Waals surface area (Å²) in [5.41, 5.74) is 5.49. The lowest BCUT2D eigenvalue weighted by Gasteiger charge is -1.96. The van der Waals surface area contributed by atoms with E-state index >= 15 is 0 Å². The third kappa shape index (κ3) is 1.74. The molecular weight excluding hydrogens is 178 g/mol. The number of nitrogens with two attached hydrogens (primary N) is 1. The summed E-state index contributed by atoms with van der Waals surface area (Å²) in [6.07, 6.45) is 2.21. The number of hydrogen-bond donors (Lipinski definition) is 1. The molecule has 2 rings (SSSR count). The van der Waals surface area contributed by atoms with Gasteiger partial charge in [-0.25, -0.2) is 0 Å². The van der Waals surface area contributed by atoms with Gasteiger partial charge in [0.2, 0.25) is 0 Å². The highest BCUT2D eigenvalue weighted by molar-refractivity contribution is 7.11. The van der Waals surface area contributed by atoms with Crippen molar-refractivity contribution in [1.29, 1.82) is 0 Å². The van der Waals surface area contributed by atoms with Crippen LogP contribution in [0.1, 0.15) is 11.3 Å². The molecule has 0 fully saturated rings. The largest absolute Gasteiger partial charge is 0.330 e. The van der Waals surface area contributed by atoms with Crippen molar-refractivity contribution in [3.63, 3.8) is 0 Å². The van der Waals surface area contributed by atoms with Gasteiger partial charge in [0.25, 0.3) is 0 Å². The van der Waals surface area contributed by atoms with Crippen LogP contribution in [0.15, 0.2) is 29.6 Å². The fourth-order valence-corrected chi connectivity index (χ4v) is 2.56. The maximum absolute atomic E-state index is 5.49. The normalized spacial score (nSPS) is 10.8. The van der Waals surface area contributed by atoms with Gasteiger partial charge in [0.15, 0.2) is 0 Å². The zero-order chi connectivity index (χ0) is 9.10. The molecule has 1 aromatic heterocycles. The highest BCUT2D eigenvalue weighted by atomic mass is 32.1. The quantitative estimate of drug-likeness (QED) is 0.793. The van der Waals surface area contributed by atoms with Crippen LogP contribution >= 0.6 is 11.3 Å². The van der Waals surface area contributed by atoms with E-state index in [-0.39, 0.29) is 0 Å². The molecule has 2 aromatic rings. The second-order valence-electron chi connectivity index (χ2n) is 3.14. The lowest BCUT2D eigenvalue weighted by Crippen LogP contribution is -1.99. The Hall–Kier alpha value is -0.860. The van der Waals surface area contributed by atoms with E-state index in [4.69, 9.17) is 5.73 Å². The topological polar surface area (TPSA) is 26.0 Å². The van der Waals surface area contributed by atoms with Gasteiger partial charge in [-0.1, -0.05) is 24.3 Å². The minimum absolute atomic E-state index is 0.784. The summed E-state index contributed by atoms with van der Waals surface area (Å²) in [6, 6.07) is 8.54. The van der Waals surface area contributed by atoms with Gasteiger partial charge >= 0.3 is 0 Å². The Balaban J connectivity index is 2.35. The second kappa shape index (κ2) is 3.90. The summed E-state index contributed by atoms with van der Waals surface area (Å²) in [7, 11) is 0. The SMILES string of the molecule is NCCCc1scc2ccccc12. The standard InChI is InChI=1S/C11H13NS/c12-7-3-6-11-10-5-2-1-4-9(10)8-13-11/h1-2,4-5,8H,3,6-7,12H2. The monoisotopic (exact) mass is 191 g/mol. The molecule has 1 heterocycles. The molecule has 0 unspecified atom stereocenters. The Morgan fingerprint density at radius 3 is 2.92 bits per heavy atom. The Kier molecular flexibility index (Phi) is 2.62. The number of thiophene rings is 1. The first-order chi connectivity index (χ1) is 6.42. The molecule has 0 saturated carbocycles. The molecule has 2 N–H and O–H groups in total. The first-order valence-electron chi connectivity index (χ1n) is 4.57. The van der Waals surface area contributed by atoms with Gasteiger partial charge in [-0.2, -0.15) is 0 Å². The van der Waals surface area contributed by atoms with Crippen molar-refractivity contribution in [2.24, 2.45) is 5.73 Å². The van der Waals surface area contributed by atoms with E-state index in [1.807, 2.05) is 11.3 Å². The van der Waals surface area contributed by atoms with Crippen molar-refractivity contribution in [3.8, 4) is 0 Å². The second-order valence-corrected chi connectivity index (χ2v) is 4.10. The van der Waals surface area contributed by atoms with Gasteiger partial charge in [0.1, 0.15) is 0 Å². The minimum atomic E-state index is 0.784. The predicted octanol–water partition coefficient (Wildman–Crippen LogP) is 2.79. The molecule has 0 saturated heterocycles. The van der Waals surface area contributed by atoms with Crippen LogP contribution in [0.5, 0.6) is 0 Å². The summed E-state index contributed by atoms with van der Waals surface area (Å²) >= 11 is 1.85. The van der Waals surface area contributed by atoms with Crippen LogP contribution in [0.2, 0.25) is 0 Å². The molecule has 1 nitrogen and oxygen atoms in total. The summed E-state index contributed by atoms with van der Waals surface area (Å²) in [4.78, 5) is 1.47. The molecule has 2 heteroatoms. The fourth-order valence-electron chi connectivity index (χ4n) is 1.51. The van der Waals surface area contributed by atoms with E-state index in [0.717, 1.165) is 19.4 Å². The first-order valence-corrected chi connectivity index (χ1v) is 5.45. The van der Waals surface area contributed by atoms with Crippen LogP contribution in [-0.2, 0) is 6.42 Å². The molecule has 68 valence electrons. The first kappa shape index (κ1) is 8.73. The van der Waals surface area contributed by atoms with Crippen LogP contribution in [0.3, 0.4) is 0 Å². The molecular formula is C11H13NS. The summed E-state index contributed by atoms with van der Waals surface area (Å²) in [5.74, 6) is 0. The average molecular weight is 191 g/mol. The fraction of sp³-hybridized carbons (Fsp3) is 0.273. The van der Waals surface area contributed by atoms with Crippen molar-refractivity contribution in [3.05, 3.63) is 34.5 Å². The lowest BCUT2D eigenvalue weighted by molar-refractivity contribution is 0.846. The van der Waals surface area contributed by atoms with Crippen molar-refractivity contribution in [1.82, 2.24) is 0 Å². The van der Waals surface area contributed by atoms with E-state index in [1.165, 1.54) is 15.6 Å². The molecule has 0 bridgehead atoms. The van der Waals surface area contributed by atoms with Crippen LogP contribution in [0.25, 0.3) is 10.8 Å². The Morgan fingerprint density at radius 1 is 1.23 bits per heavy atom. The number of benzene rings is 1. The molecule has 13 heavy (non-hydrogen) atoms. The lowest BCUT2D eigenvalue weighted by atomic mass is 10.1. The molecule has 0 aliphatic carbocycles. The maximum atomic E-state index is 5.49. The van der Waals surface area contributed by atoms with Crippen LogP contribution in [-0.4, -0.2) is 6.54 Å². The number of rotatable bonds is 3. The van der Waals surface area contributed by atoms with Crippen LogP contribution in [0.4, 0.5) is 0 Å². The number of hydrogen-bond acceptors (Lipinski definition) is 2. The third-order valence-electron chi connectivity index (χ3n) is 2.20. The van der Waals surface area contributed by atoms with E-state index in [1.54, 1.807) is 0 Å². The zero-order valence-electron chi connectivity index (χ0n) is 7.49. The van der Waals surface area contributed by atoms with Gasteiger partial charge in [0, 0.05) is 4.88 Å². The molecule has 0 radical (unpaired) electrons. The highest BCUT2D eigenvalue weighted by Gasteiger charge is 2.01. The van der Waals surface area contributed by atoms with Gasteiger partial charge in [0.05, 0.1) is 0 Å². The summed E-state index contributed by atoms with van der Waals surface area (Å²) in [6.45, 7) is 0.784. The van der Waals surface area contributed by atoms with E-state index in [2.05, 4.69) is 29.6 Å². The van der Waals surface area contributed by atoms with Gasteiger partial charge in [-0.3, -0.25) is 0 Å². The minimum Gasteiger partial charge on any atom is -0.330 e. The zero-order valence-corrected chi connectivity index (χ0v) is 8.31. The number of fused-ring (bicyclic) bond motifs is 1. The molecule has 1 aromatic carbocycles. The predicted molar refractivity (Wildman–Crippen MR) is 59.2 cm³/mol. The third-order valence-corrected chi connectivity index (χ3v) is 3.28. The molecule has 0 spiro atoms. The Bertz CT molecular complexity index is 392. The summed E-state index contributed by atoms with van der Waals surface area (Å²) in [5, 5.41) is 4.99. The maximum Gasteiger partial charge on any atom is 0.0124 e. The van der Waals surface area contributed by atoms with E-state index in [0.29, 0.717) is 0 Å². The van der Waals surface area contributed by atoms with E-state index < -0.39 is 0 Å². The van der Waals surface area contributed by atoms with Gasteiger partial charge < -0.3 is 5.73 Å². The summed E-state index contributed by atoms with van der Waals surface area (Å²) < 4.78 is 0. The Morgan fingerprint density at radius 2 is 2.08 bits per heavy atom.